The summed E-state index contributed by atoms with van der Waals surface area (Å²) >= 11 is 0. The minimum atomic E-state index is -0.645. The van der Waals surface area contributed by atoms with Crippen molar-refractivity contribution in [3.8, 4) is 0 Å². The van der Waals surface area contributed by atoms with Gasteiger partial charge in [-0.3, -0.25) is 24.5 Å². The third kappa shape index (κ3) is 3.92. The Morgan fingerprint density at radius 1 is 1.15 bits per heavy atom. The number of rotatable bonds is 5. The Bertz CT molecular complexity index is 1380. The van der Waals surface area contributed by atoms with Crippen LogP contribution in [0, 0.1) is 16.0 Å². The summed E-state index contributed by atoms with van der Waals surface area (Å²) in [6, 6.07) is 10.1. The SMILES string of the molecule is O=C(CCCc1nc2ccccc2c(=O)[nH]1)N1CC2CC(C1)c1ccc([N+](=O)[O-])c(=O)n1C2. The number of carbonyl (C=O) groups is 1. The number of benzene rings is 1. The summed E-state index contributed by atoms with van der Waals surface area (Å²) in [5.41, 5.74) is 0.244. The molecule has 2 atom stereocenters. The van der Waals surface area contributed by atoms with Crippen molar-refractivity contribution in [3.05, 3.63) is 78.7 Å². The Balaban J connectivity index is 1.24. The second kappa shape index (κ2) is 8.27. The van der Waals surface area contributed by atoms with Crippen molar-refractivity contribution >= 4 is 22.5 Å². The maximum atomic E-state index is 12.9. The van der Waals surface area contributed by atoms with Crippen LogP contribution in [0.3, 0.4) is 0 Å². The average Bonchev–Trinajstić information content (AvgIpc) is 2.79. The first-order chi connectivity index (χ1) is 15.9. The molecule has 2 aliphatic heterocycles. The van der Waals surface area contributed by atoms with Crippen LogP contribution in [-0.4, -0.2) is 43.4 Å². The standard InChI is InChI=1S/C23H23N5O5/c29-21(7-3-6-20-24-17-5-2-1-4-16(17)22(30)25-20)26-11-14-10-15(13-26)18-8-9-19(28(32)33)23(31)27(18)12-14/h1-2,4-5,8-9,14-15H,3,6-7,10-13H2,(H,24,25,30). The maximum absolute atomic E-state index is 12.9. The van der Waals surface area contributed by atoms with Crippen LogP contribution < -0.4 is 11.1 Å². The van der Waals surface area contributed by atoms with Gasteiger partial charge in [-0.05, 0) is 37.0 Å². The van der Waals surface area contributed by atoms with E-state index in [1.165, 1.54) is 10.6 Å². The van der Waals surface area contributed by atoms with Crippen molar-refractivity contribution in [2.24, 2.45) is 5.92 Å². The van der Waals surface area contributed by atoms with E-state index in [0.29, 0.717) is 55.6 Å². The number of pyridine rings is 1. The third-order valence-electron chi connectivity index (χ3n) is 6.60. The highest BCUT2D eigenvalue weighted by atomic mass is 16.6. The molecule has 0 radical (unpaired) electrons. The van der Waals surface area contributed by atoms with Crippen molar-refractivity contribution in [3.63, 3.8) is 0 Å². The number of aromatic nitrogens is 3. The van der Waals surface area contributed by atoms with Gasteiger partial charge in [-0.25, -0.2) is 4.98 Å². The molecule has 0 spiro atoms. The molecule has 2 unspecified atom stereocenters. The number of hydrogen-bond donors (Lipinski definition) is 1. The van der Waals surface area contributed by atoms with Gasteiger partial charge in [0.1, 0.15) is 5.82 Å². The van der Waals surface area contributed by atoms with Crippen LogP contribution in [0.2, 0.25) is 0 Å². The molecular weight excluding hydrogens is 426 g/mol. The monoisotopic (exact) mass is 449 g/mol. The van der Waals surface area contributed by atoms with Crippen LogP contribution >= 0.6 is 0 Å². The molecule has 1 aromatic carbocycles. The highest BCUT2D eigenvalue weighted by Crippen LogP contribution is 2.35. The van der Waals surface area contributed by atoms with E-state index < -0.39 is 16.2 Å². The zero-order valence-corrected chi connectivity index (χ0v) is 17.9. The zero-order chi connectivity index (χ0) is 23.1. The number of fused-ring (bicyclic) bond motifs is 5. The molecule has 2 aromatic heterocycles. The highest BCUT2D eigenvalue weighted by Gasteiger charge is 2.37. The van der Waals surface area contributed by atoms with Crippen LogP contribution in [0.4, 0.5) is 5.69 Å². The molecule has 10 nitrogen and oxygen atoms in total. The van der Waals surface area contributed by atoms with Gasteiger partial charge in [0, 0.05) is 50.2 Å². The average molecular weight is 449 g/mol. The number of piperidine rings is 1. The zero-order valence-electron chi connectivity index (χ0n) is 17.9. The number of nitro groups is 1. The molecule has 1 N–H and O–H groups in total. The van der Waals surface area contributed by atoms with Gasteiger partial charge < -0.3 is 14.5 Å². The molecule has 4 heterocycles. The first-order valence-corrected chi connectivity index (χ1v) is 11.0. The van der Waals surface area contributed by atoms with E-state index >= 15 is 0 Å². The summed E-state index contributed by atoms with van der Waals surface area (Å²) in [4.78, 5) is 57.2. The van der Waals surface area contributed by atoms with Crippen LogP contribution in [0.15, 0.2) is 46.0 Å². The lowest BCUT2D eigenvalue weighted by Gasteiger charge is -2.42. The highest BCUT2D eigenvalue weighted by molar-refractivity contribution is 5.77. The molecule has 2 bridgehead atoms. The number of nitrogens with zero attached hydrogens (tertiary/aromatic N) is 4. The number of carbonyl (C=O) groups excluding carboxylic acids is 1. The molecular formula is C23H23N5O5. The van der Waals surface area contributed by atoms with Crippen molar-refractivity contribution in [1.29, 1.82) is 0 Å². The molecule has 2 aliphatic rings. The number of nitrogens with one attached hydrogen (secondary N) is 1. The second-order valence-electron chi connectivity index (χ2n) is 8.80. The number of H-pyrrole nitrogens is 1. The number of likely N-dealkylation sites (tertiary alicyclic amines) is 1. The summed E-state index contributed by atoms with van der Waals surface area (Å²) < 4.78 is 1.51. The Labute approximate surface area is 188 Å². The van der Waals surface area contributed by atoms with Gasteiger partial charge in [0.15, 0.2) is 0 Å². The van der Waals surface area contributed by atoms with E-state index in [0.717, 1.165) is 12.1 Å². The molecule has 1 amide bonds. The first-order valence-electron chi connectivity index (χ1n) is 11.0. The molecule has 0 saturated carbocycles. The second-order valence-corrected chi connectivity index (χ2v) is 8.80. The van der Waals surface area contributed by atoms with Gasteiger partial charge in [0.2, 0.25) is 5.91 Å². The van der Waals surface area contributed by atoms with E-state index in [1.54, 1.807) is 24.3 Å². The van der Waals surface area contributed by atoms with Crippen LogP contribution in [0.5, 0.6) is 0 Å². The topological polar surface area (TPSA) is 131 Å². The summed E-state index contributed by atoms with van der Waals surface area (Å²) in [5, 5.41) is 11.6. The van der Waals surface area contributed by atoms with Crippen LogP contribution in [0.25, 0.3) is 10.9 Å². The van der Waals surface area contributed by atoms with Crippen LogP contribution in [-0.2, 0) is 17.8 Å². The van der Waals surface area contributed by atoms with Gasteiger partial charge >= 0.3 is 11.2 Å². The van der Waals surface area contributed by atoms with Crippen molar-refractivity contribution in [1.82, 2.24) is 19.4 Å². The number of para-hydroxylation sites is 1. The number of amides is 1. The fourth-order valence-corrected chi connectivity index (χ4v) is 5.10. The van der Waals surface area contributed by atoms with Gasteiger partial charge in [-0.15, -0.1) is 0 Å². The molecule has 1 saturated heterocycles. The van der Waals surface area contributed by atoms with Gasteiger partial charge in [-0.2, -0.15) is 0 Å². The van der Waals surface area contributed by atoms with Crippen molar-refractivity contribution in [2.75, 3.05) is 13.1 Å². The minimum absolute atomic E-state index is 0.00605. The third-order valence-corrected chi connectivity index (χ3v) is 6.60. The fourth-order valence-electron chi connectivity index (χ4n) is 5.10. The molecule has 170 valence electrons. The van der Waals surface area contributed by atoms with Gasteiger partial charge in [-0.1, -0.05) is 12.1 Å². The fraction of sp³-hybridized carbons (Fsp3) is 0.391. The first kappa shape index (κ1) is 21.0. The quantitative estimate of drug-likeness (QED) is 0.468. The van der Waals surface area contributed by atoms with E-state index in [9.17, 15) is 24.5 Å². The molecule has 33 heavy (non-hydrogen) atoms. The molecule has 0 aliphatic carbocycles. The lowest BCUT2D eigenvalue weighted by Crippen LogP contribution is -2.49. The van der Waals surface area contributed by atoms with Crippen LogP contribution in [0.1, 0.15) is 36.7 Å². The molecule has 5 rings (SSSR count). The Kier molecular flexibility index (Phi) is 5.27. The smallest absolute Gasteiger partial charge is 0.334 e. The summed E-state index contributed by atoms with van der Waals surface area (Å²) in [6.45, 7) is 1.42. The normalized spacial score (nSPS) is 19.3. The lowest BCUT2D eigenvalue weighted by molar-refractivity contribution is -0.386. The van der Waals surface area contributed by atoms with E-state index in [-0.39, 0.29) is 23.3 Å². The summed E-state index contributed by atoms with van der Waals surface area (Å²) in [7, 11) is 0. The van der Waals surface area contributed by atoms with Gasteiger partial charge in [0.25, 0.3) is 5.56 Å². The molecule has 10 heteroatoms. The number of aromatic amines is 1. The van der Waals surface area contributed by atoms with Crippen molar-refractivity contribution < 1.29 is 9.72 Å². The number of aryl methyl sites for hydroxylation is 1. The predicted octanol–water partition coefficient (Wildman–Crippen LogP) is 1.96. The van der Waals surface area contributed by atoms with E-state index in [2.05, 4.69) is 9.97 Å². The lowest BCUT2D eigenvalue weighted by atomic mass is 9.83. The van der Waals surface area contributed by atoms with E-state index in [4.69, 9.17) is 0 Å². The molecule has 3 aromatic rings. The van der Waals surface area contributed by atoms with Crippen molar-refractivity contribution in [2.45, 2.75) is 38.1 Å². The van der Waals surface area contributed by atoms with Gasteiger partial charge in [0.05, 0.1) is 15.8 Å². The Hall–Kier alpha value is -3.82. The Morgan fingerprint density at radius 2 is 1.97 bits per heavy atom. The largest absolute Gasteiger partial charge is 0.342 e. The predicted molar refractivity (Wildman–Crippen MR) is 120 cm³/mol. The number of hydrogen-bond acceptors (Lipinski definition) is 6. The Morgan fingerprint density at radius 3 is 2.79 bits per heavy atom. The molecule has 1 fully saturated rings. The summed E-state index contributed by atoms with van der Waals surface area (Å²) in [6.07, 6.45) is 2.26. The van der Waals surface area contributed by atoms with E-state index in [1.807, 2.05) is 11.0 Å². The summed E-state index contributed by atoms with van der Waals surface area (Å²) in [5.74, 6) is 0.689. The maximum Gasteiger partial charge on any atom is 0.334 e. The minimum Gasteiger partial charge on any atom is -0.342 e.